The molecular formula is C15H22O3. The highest BCUT2D eigenvalue weighted by molar-refractivity contribution is 5.70. The fraction of sp³-hybridized carbons (Fsp3) is 0.533. The molecule has 0 aromatic heterocycles. The van der Waals surface area contributed by atoms with Gasteiger partial charge in [-0.15, -0.1) is 0 Å². The molecule has 0 saturated carbocycles. The predicted octanol–water partition coefficient (Wildman–Crippen LogP) is 2.79. The molecule has 1 aromatic carbocycles. The summed E-state index contributed by atoms with van der Waals surface area (Å²) in [5.41, 5.74) is 1.38. The summed E-state index contributed by atoms with van der Waals surface area (Å²) in [6.07, 6.45) is 1.51. The largest absolute Gasteiger partial charge is 0.481 e. The molecule has 0 radical (unpaired) electrons. The Kier molecular flexibility index (Phi) is 4.91. The van der Waals surface area contributed by atoms with Gasteiger partial charge in [-0.05, 0) is 51.2 Å². The van der Waals surface area contributed by atoms with E-state index in [2.05, 4.69) is 0 Å². The van der Waals surface area contributed by atoms with Crippen molar-refractivity contribution in [1.29, 1.82) is 0 Å². The zero-order valence-electron chi connectivity index (χ0n) is 11.3. The second-order valence-electron chi connectivity index (χ2n) is 5.52. The molecule has 3 nitrogen and oxygen atoms in total. The monoisotopic (exact) mass is 250 g/mol. The fourth-order valence-corrected chi connectivity index (χ4v) is 1.94. The lowest BCUT2D eigenvalue weighted by Crippen LogP contribution is -2.24. The minimum Gasteiger partial charge on any atom is -0.481 e. The molecule has 0 spiro atoms. The lowest BCUT2D eigenvalue weighted by molar-refractivity contribution is -0.142. The van der Waals surface area contributed by atoms with Gasteiger partial charge >= 0.3 is 5.97 Å². The molecule has 1 atom stereocenters. The number of aliphatic hydroxyl groups is 1. The molecule has 18 heavy (non-hydrogen) atoms. The van der Waals surface area contributed by atoms with Crippen LogP contribution in [0.25, 0.3) is 0 Å². The van der Waals surface area contributed by atoms with Crippen LogP contribution in [0.5, 0.6) is 0 Å². The second kappa shape index (κ2) is 6.01. The molecule has 0 fully saturated rings. The topological polar surface area (TPSA) is 57.5 Å². The van der Waals surface area contributed by atoms with Gasteiger partial charge in [0.2, 0.25) is 0 Å². The van der Waals surface area contributed by atoms with E-state index in [-0.39, 0.29) is 0 Å². The van der Waals surface area contributed by atoms with Gasteiger partial charge in [-0.25, -0.2) is 0 Å². The Morgan fingerprint density at radius 3 is 2.44 bits per heavy atom. The van der Waals surface area contributed by atoms with Gasteiger partial charge in [0.15, 0.2) is 0 Å². The van der Waals surface area contributed by atoms with Crippen LogP contribution in [0.2, 0.25) is 0 Å². The van der Waals surface area contributed by atoms with Crippen LogP contribution in [0.4, 0.5) is 0 Å². The Hall–Kier alpha value is -1.35. The molecule has 2 N–H and O–H groups in total. The van der Waals surface area contributed by atoms with Crippen molar-refractivity contribution in [2.24, 2.45) is 5.92 Å². The third-order valence-electron chi connectivity index (χ3n) is 3.18. The molecule has 3 heteroatoms. The smallest absolute Gasteiger partial charge is 0.306 e. The molecule has 0 heterocycles. The van der Waals surface area contributed by atoms with Gasteiger partial charge in [0.1, 0.15) is 0 Å². The summed E-state index contributed by atoms with van der Waals surface area (Å²) in [4.78, 5) is 11.3. The molecule has 0 bridgehead atoms. The molecule has 0 aliphatic rings. The van der Waals surface area contributed by atoms with Crippen LogP contribution >= 0.6 is 0 Å². The van der Waals surface area contributed by atoms with Gasteiger partial charge in [-0.2, -0.15) is 0 Å². The van der Waals surface area contributed by atoms with Gasteiger partial charge in [0.25, 0.3) is 0 Å². The maximum absolute atomic E-state index is 11.3. The van der Waals surface area contributed by atoms with Gasteiger partial charge in [0.05, 0.1) is 11.5 Å². The molecular weight excluding hydrogens is 228 g/mol. The van der Waals surface area contributed by atoms with Crippen molar-refractivity contribution in [2.45, 2.75) is 45.6 Å². The van der Waals surface area contributed by atoms with Crippen LogP contribution in [0, 0.1) is 12.8 Å². The van der Waals surface area contributed by atoms with Crippen LogP contribution < -0.4 is 0 Å². The summed E-state index contributed by atoms with van der Waals surface area (Å²) in [5, 5.41) is 18.9. The second-order valence-corrected chi connectivity index (χ2v) is 5.52. The van der Waals surface area contributed by atoms with Crippen LogP contribution in [0.15, 0.2) is 24.3 Å². The van der Waals surface area contributed by atoms with E-state index in [9.17, 15) is 15.0 Å². The van der Waals surface area contributed by atoms with Crippen molar-refractivity contribution in [3.63, 3.8) is 0 Å². The highest BCUT2D eigenvalue weighted by atomic mass is 16.4. The number of hydrogen-bond donors (Lipinski definition) is 2. The summed E-state index contributed by atoms with van der Waals surface area (Å²) in [6.45, 7) is 5.41. The van der Waals surface area contributed by atoms with E-state index in [0.717, 1.165) is 11.1 Å². The Morgan fingerprint density at radius 2 is 1.94 bits per heavy atom. The number of rotatable bonds is 6. The quantitative estimate of drug-likeness (QED) is 0.816. The number of carbonyl (C=O) groups is 1. The normalized spacial score (nSPS) is 13.3. The van der Waals surface area contributed by atoms with Crippen LogP contribution in [0.3, 0.4) is 0 Å². The van der Waals surface area contributed by atoms with E-state index < -0.39 is 17.5 Å². The predicted molar refractivity (Wildman–Crippen MR) is 71.5 cm³/mol. The number of aliphatic carboxylic acids is 1. The van der Waals surface area contributed by atoms with Crippen molar-refractivity contribution in [3.05, 3.63) is 35.4 Å². The van der Waals surface area contributed by atoms with Gasteiger partial charge in [0, 0.05) is 0 Å². The molecule has 1 rings (SSSR count). The first-order valence-corrected chi connectivity index (χ1v) is 6.29. The van der Waals surface area contributed by atoms with E-state index in [1.807, 2.05) is 31.2 Å². The van der Waals surface area contributed by atoms with Crippen molar-refractivity contribution in [3.8, 4) is 0 Å². The number of benzene rings is 1. The first kappa shape index (κ1) is 14.7. The average Bonchev–Trinajstić information content (AvgIpc) is 2.24. The SMILES string of the molecule is Cc1ccccc1CC(CCC(C)(C)O)C(=O)O. The lowest BCUT2D eigenvalue weighted by Gasteiger charge is -2.20. The summed E-state index contributed by atoms with van der Waals surface area (Å²) < 4.78 is 0. The molecule has 0 amide bonds. The van der Waals surface area contributed by atoms with Crippen molar-refractivity contribution >= 4 is 5.97 Å². The van der Waals surface area contributed by atoms with Crippen molar-refractivity contribution in [1.82, 2.24) is 0 Å². The number of aryl methyl sites for hydroxylation is 1. The fourth-order valence-electron chi connectivity index (χ4n) is 1.94. The molecule has 0 saturated heterocycles. The maximum atomic E-state index is 11.3. The van der Waals surface area contributed by atoms with Crippen molar-refractivity contribution in [2.75, 3.05) is 0 Å². The van der Waals surface area contributed by atoms with Crippen LogP contribution in [-0.4, -0.2) is 21.8 Å². The minimum absolute atomic E-state index is 0.433. The lowest BCUT2D eigenvalue weighted by atomic mass is 9.89. The Bertz CT molecular complexity index is 404. The molecule has 1 unspecified atom stereocenters. The Labute approximate surface area is 108 Å². The summed E-state index contributed by atoms with van der Waals surface area (Å²) in [5.74, 6) is -1.22. The van der Waals surface area contributed by atoms with E-state index >= 15 is 0 Å². The standard InChI is InChI=1S/C15H22O3/c1-11-6-4-5-7-12(11)10-13(14(16)17)8-9-15(2,3)18/h4-7,13,18H,8-10H2,1-3H3,(H,16,17). The first-order valence-electron chi connectivity index (χ1n) is 6.29. The Morgan fingerprint density at radius 1 is 1.33 bits per heavy atom. The van der Waals surface area contributed by atoms with Gasteiger partial charge in [-0.1, -0.05) is 24.3 Å². The van der Waals surface area contributed by atoms with Crippen LogP contribution in [-0.2, 0) is 11.2 Å². The number of carboxylic acid groups (broad SMARTS) is 1. The average molecular weight is 250 g/mol. The summed E-state index contributed by atoms with van der Waals surface area (Å²) >= 11 is 0. The van der Waals surface area contributed by atoms with E-state index in [4.69, 9.17) is 0 Å². The minimum atomic E-state index is -0.806. The number of hydrogen-bond acceptors (Lipinski definition) is 2. The zero-order chi connectivity index (χ0) is 13.8. The van der Waals surface area contributed by atoms with Gasteiger partial charge in [-0.3, -0.25) is 4.79 Å². The van der Waals surface area contributed by atoms with Crippen molar-refractivity contribution < 1.29 is 15.0 Å². The van der Waals surface area contributed by atoms with E-state index in [1.54, 1.807) is 13.8 Å². The molecule has 0 aliphatic carbocycles. The zero-order valence-corrected chi connectivity index (χ0v) is 11.3. The Balaban J connectivity index is 2.70. The highest BCUT2D eigenvalue weighted by Gasteiger charge is 2.22. The maximum Gasteiger partial charge on any atom is 0.306 e. The van der Waals surface area contributed by atoms with E-state index in [0.29, 0.717) is 19.3 Å². The van der Waals surface area contributed by atoms with E-state index in [1.165, 1.54) is 0 Å². The molecule has 100 valence electrons. The third kappa shape index (κ3) is 4.88. The summed E-state index contributed by atoms with van der Waals surface area (Å²) in [6, 6.07) is 7.84. The highest BCUT2D eigenvalue weighted by Crippen LogP contribution is 2.21. The molecule has 1 aromatic rings. The van der Waals surface area contributed by atoms with Crippen LogP contribution in [0.1, 0.15) is 37.8 Å². The molecule has 0 aliphatic heterocycles. The first-order chi connectivity index (χ1) is 8.29. The number of carboxylic acids is 1. The summed E-state index contributed by atoms with van der Waals surface area (Å²) in [7, 11) is 0. The van der Waals surface area contributed by atoms with Gasteiger partial charge < -0.3 is 10.2 Å². The third-order valence-corrected chi connectivity index (χ3v) is 3.18.